The van der Waals surface area contributed by atoms with E-state index in [0.29, 0.717) is 12.7 Å². The smallest absolute Gasteiger partial charge is 0.0705 e. The molecule has 2 heterocycles. The van der Waals surface area contributed by atoms with E-state index in [1.54, 1.807) is 0 Å². The van der Waals surface area contributed by atoms with Gasteiger partial charge in [0.25, 0.3) is 0 Å². The zero-order chi connectivity index (χ0) is 14.5. The Morgan fingerprint density at radius 1 is 1.19 bits per heavy atom. The number of aliphatic hydroxyl groups is 1. The molecule has 3 rings (SSSR count). The standard InChI is InChI=1S/C17H22N2O2/c20-11-12-21-15-6-9-19(10-7-15)13-14-5-8-18-17-4-2-1-3-16(14)17/h1-5,8,15,20H,6-7,9-13H2. The molecular formula is C17H22N2O2. The summed E-state index contributed by atoms with van der Waals surface area (Å²) in [5, 5.41) is 10.1. The lowest BCUT2D eigenvalue weighted by Gasteiger charge is -2.32. The molecule has 0 spiro atoms. The number of hydrogen-bond donors (Lipinski definition) is 1. The minimum atomic E-state index is 0.114. The van der Waals surface area contributed by atoms with Gasteiger partial charge in [-0.2, -0.15) is 0 Å². The first-order chi connectivity index (χ1) is 10.4. The van der Waals surface area contributed by atoms with Crippen molar-refractivity contribution in [3.05, 3.63) is 42.1 Å². The highest BCUT2D eigenvalue weighted by molar-refractivity contribution is 5.81. The highest BCUT2D eigenvalue weighted by atomic mass is 16.5. The Bertz CT molecular complexity index is 575. The predicted octanol–water partition coefficient (Wildman–Crippen LogP) is 2.21. The van der Waals surface area contributed by atoms with E-state index in [4.69, 9.17) is 9.84 Å². The van der Waals surface area contributed by atoms with Crippen LogP contribution in [-0.2, 0) is 11.3 Å². The average Bonchev–Trinajstić information content (AvgIpc) is 2.55. The topological polar surface area (TPSA) is 45.6 Å². The quantitative estimate of drug-likeness (QED) is 0.915. The van der Waals surface area contributed by atoms with Crippen LogP contribution in [0.4, 0.5) is 0 Å². The fourth-order valence-electron chi connectivity index (χ4n) is 2.99. The molecule has 1 aromatic carbocycles. The van der Waals surface area contributed by atoms with Crippen molar-refractivity contribution in [2.75, 3.05) is 26.3 Å². The molecule has 1 aliphatic rings. The zero-order valence-corrected chi connectivity index (χ0v) is 12.2. The van der Waals surface area contributed by atoms with Crippen molar-refractivity contribution >= 4 is 10.9 Å². The highest BCUT2D eigenvalue weighted by Gasteiger charge is 2.20. The van der Waals surface area contributed by atoms with Crippen LogP contribution in [0.1, 0.15) is 18.4 Å². The van der Waals surface area contributed by atoms with Gasteiger partial charge in [-0.15, -0.1) is 0 Å². The molecule has 0 unspecified atom stereocenters. The van der Waals surface area contributed by atoms with E-state index in [1.807, 2.05) is 12.3 Å². The lowest BCUT2D eigenvalue weighted by atomic mass is 10.0. The minimum Gasteiger partial charge on any atom is -0.394 e. The second kappa shape index (κ2) is 6.98. The fraction of sp³-hybridized carbons (Fsp3) is 0.471. The molecule has 1 saturated heterocycles. The third-order valence-electron chi connectivity index (χ3n) is 4.11. The van der Waals surface area contributed by atoms with Gasteiger partial charge < -0.3 is 9.84 Å². The largest absolute Gasteiger partial charge is 0.394 e. The summed E-state index contributed by atoms with van der Waals surface area (Å²) in [6, 6.07) is 10.4. The van der Waals surface area contributed by atoms with Gasteiger partial charge in [0.1, 0.15) is 0 Å². The number of likely N-dealkylation sites (tertiary alicyclic amines) is 1. The second-order valence-corrected chi connectivity index (χ2v) is 5.56. The van der Waals surface area contributed by atoms with E-state index in [9.17, 15) is 0 Å². The summed E-state index contributed by atoms with van der Waals surface area (Å²) >= 11 is 0. The molecule has 0 atom stereocenters. The van der Waals surface area contributed by atoms with Crippen LogP contribution in [0.25, 0.3) is 10.9 Å². The summed E-state index contributed by atoms with van der Waals surface area (Å²) in [4.78, 5) is 6.89. The Balaban J connectivity index is 1.62. The fourth-order valence-corrected chi connectivity index (χ4v) is 2.99. The Kier molecular flexibility index (Phi) is 4.80. The Hall–Kier alpha value is -1.49. The molecule has 4 heteroatoms. The summed E-state index contributed by atoms with van der Waals surface area (Å²) in [6.07, 6.45) is 4.29. The van der Waals surface area contributed by atoms with Crippen LogP contribution in [-0.4, -0.2) is 47.4 Å². The van der Waals surface area contributed by atoms with Crippen LogP contribution in [0.5, 0.6) is 0 Å². The van der Waals surface area contributed by atoms with Gasteiger partial charge in [0, 0.05) is 31.2 Å². The second-order valence-electron chi connectivity index (χ2n) is 5.56. The van der Waals surface area contributed by atoms with Gasteiger partial charge in [-0.3, -0.25) is 9.88 Å². The molecule has 0 bridgehead atoms. The summed E-state index contributed by atoms with van der Waals surface area (Å²) < 4.78 is 5.61. The van der Waals surface area contributed by atoms with Gasteiger partial charge in [0.15, 0.2) is 0 Å². The number of rotatable bonds is 5. The number of aromatic nitrogens is 1. The van der Waals surface area contributed by atoms with E-state index in [0.717, 1.165) is 38.0 Å². The van der Waals surface area contributed by atoms with E-state index < -0.39 is 0 Å². The number of piperidine rings is 1. The first-order valence-electron chi connectivity index (χ1n) is 7.64. The maximum Gasteiger partial charge on any atom is 0.0705 e. The molecule has 0 amide bonds. The summed E-state index contributed by atoms with van der Waals surface area (Å²) in [7, 11) is 0. The molecule has 1 N–H and O–H groups in total. The molecular weight excluding hydrogens is 264 g/mol. The van der Waals surface area contributed by atoms with E-state index in [1.165, 1.54) is 10.9 Å². The number of ether oxygens (including phenoxy) is 1. The first-order valence-corrected chi connectivity index (χ1v) is 7.64. The van der Waals surface area contributed by atoms with Crippen molar-refractivity contribution in [1.29, 1.82) is 0 Å². The minimum absolute atomic E-state index is 0.114. The molecule has 1 fully saturated rings. The monoisotopic (exact) mass is 286 g/mol. The first kappa shape index (κ1) is 14.4. The number of aliphatic hydroxyl groups excluding tert-OH is 1. The van der Waals surface area contributed by atoms with Gasteiger partial charge in [0.2, 0.25) is 0 Å². The van der Waals surface area contributed by atoms with Crippen LogP contribution < -0.4 is 0 Å². The molecule has 112 valence electrons. The van der Waals surface area contributed by atoms with E-state index >= 15 is 0 Å². The normalized spacial score (nSPS) is 17.4. The van der Waals surface area contributed by atoms with E-state index in [2.05, 4.69) is 34.1 Å². The van der Waals surface area contributed by atoms with Crippen molar-refractivity contribution in [3.8, 4) is 0 Å². The van der Waals surface area contributed by atoms with Crippen molar-refractivity contribution in [2.24, 2.45) is 0 Å². The molecule has 0 radical (unpaired) electrons. The third-order valence-corrected chi connectivity index (χ3v) is 4.11. The lowest BCUT2D eigenvalue weighted by molar-refractivity contribution is -0.00895. The highest BCUT2D eigenvalue weighted by Crippen LogP contribution is 2.21. The van der Waals surface area contributed by atoms with Crippen molar-refractivity contribution < 1.29 is 9.84 Å². The van der Waals surface area contributed by atoms with Crippen molar-refractivity contribution in [1.82, 2.24) is 9.88 Å². The molecule has 4 nitrogen and oxygen atoms in total. The summed E-state index contributed by atoms with van der Waals surface area (Å²) in [5.74, 6) is 0. The SMILES string of the molecule is OCCOC1CCN(Cc2ccnc3ccccc23)CC1. The maximum atomic E-state index is 8.80. The van der Waals surface area contributed by atoms with Crippen molar-refractivity contribution in [2.45, 2.75) is 25.5 Å². The zero-order valence-electron chi connectivity index (χ0n) is 12.2. The molecule has 1 aromatic heterocycles. The van der Waals surface area contributed by atoms with Crippen LogP contribution in [0.2, 0.25) is 0 Å². The lowest BCUT2D eigenvalue weighted by Crippen LogP contribution is -2.36. The molecule has 2 aromatic rings. The summed E-state index contributed by atoms with van der Waals surface area (Å²) in [6.45, 7) is 3.64. The van der Waals surface area contributed by atoms with Gasteiger partial charge in [-0.25, -0.2) is 0 Å². The Labute approximate surface area is 125 Å². The van der Waals surface area contributed by atoms with Crippen LogP contribution in [0.15, 0.2) is 36.5 Å². The van der Waals surface area contributed by atoms with Gasteiger partial charge in [-0.05, 0) is 30.5 Å². The van der Waals surface area contributed by atoms with Crippen LogP contribution in [0.3, 0.4) is 0 Å². The average molecular weight is 286 g/mol. The molecule has 0 saturated carbocycles. The number of fused-ring (bicyclic) bond motifs is 1. The van der Waals surface area contributed by atoms with Crippen LogP contribution in [0, 0.1) is 0 Å². The third kappa shape index (κ3) is 3.59. The molecule has 1 aliphatic heterocycles. The van der Waals surface area contributed by atoms with E-state index in [-0.39, 0.29) is 6.61 Å². The Morgan fingerprint density at radius 2 is 2.00 bits per heavy atom. The van der Waals surface area contributed by atoms with Gasteiger partial charge in [0.05, 0.1) is 24.8 Å². The number of hydrogen-bond acceptors (Lipinski definition) is 4. The molecule has 0 aliphatic carbocycles. The summed E-state index contributed by atoms with van der Waals surface area (Å²) in [5.41, 5.74) is 2.41. The number of para-hydroxylation sites is 1. The van der Waals surface area contributed by atoms with Crippen LogP contribution >= 0.6 is 0 Å². The number of benzene rings is 1. The Morgan fingerprint density at radius 3 is 2.81 bits per heavy atom. The maximum absolute atomic E-state index is 8.80. The number of pyridine rings is 1. The van der Waals surface area contributed by atoms with Gasteiger partial charge in [-0.1, -0.05) is 18.2 Å². The number of nitrogens with zero attached hydrogens (tertiary/aromatic N) is 2. The van der Waals surface area contributed by atoms with Crippen molar-refractivity contribution in [3.63, 3.8) is 0 Å². The van der Waals surface area contributed by atoms with Gasteiger partial charge >= 0.3 is 0 Å². The molecule has 21 heavy (non-hydrogen) atoms. The predicted molar refractivity (Wildman–Crippen MR) is 83.1 cm³/mol.